The van der Waals surface area contributed by atoms with E-state index in [0.29, 0.717) is 31.0 Å². The van der Waals surface area contributed by atoms with E-state index < -0.39 is 0 Å². The number of rotatable bonds is 6. The van der Waals surface area contributed by atoms with E-state index in [2.05, 4.69) is 63.0 Å². The van der Waals surface area contributed by atoms with Crippen molar-refractivity contribution in [2.24, 2.45) is 0 Å². The molecule has 0 saturated carbocycles. The number of carbonyl (C=O) groups is 1. The number of piperazine rings is 1. The minimum absolute atomic E-state index is 0.0470. The third kappa shape index (κ3) is 4.78. The molecule has 0 bridgehead atoms. The molecule has 7 rings (SSSR count). The van der Waals surface area contributed by atoms with Gasteiger partial charge in [0.1, 0.15) is 0 Å². The number of hydrogen-bond acceptors (Lipinski definition) is 6. The van der Waals surface area contributed by atoms with E-state index in [-0.39, 0.29) is 18.7 Å². The molecule has 0 radical (unpaired) electrons. The maximum Gasteiger partial charge on any atom is 0.256 e. The Kier molecular flexibility index (Phi) is 6.36. The maximum atomic E-state index is 14.1. The van der Waals surface area contributed by atoms with Gasteiger partial charge in [-0.05, 0) is 47.5 Å². The van der Waals surface area contributed by atoms with Crippen molar-refractivity contribution in [2.45, 2.75) is 12.5 Å². The van der Waals surface area contributed by atoms with Crippen molar-refractivity contribution in [1.29, 1.82) is 0 Å². The van der Waals surface area contributed by atoms with E-state index in [9.17, 15) is 4.79 Å². The highest BCUT2D eigenvalue weighted by atomic mass is 16.7. The summed E-state index contributed by atoms with van der Waals surface area (Å²) in [5.41, 5.74) is 10.6. The molecule has 9 heteroatoms. The van der Waals surface area contributed by atoms with E-state index in [0.717, 1.165) is 57.7 Å². The lowest BCUT2D eigenvalue weighted by atomic mass is 9.97. The van der Waals surface area contributed by atoms with Gasteiger partial charge in [0.25, 0.3) is 5.91 Å². The predicted octanol–water partition coefficient (Wildman–Crippen LogP) is 4.56. The van der Waals surface area contributed by atoms with Gasteiger partial charge < -0.3 is 34.6 Å². The molecule has 208 valence electrons. The lowest BCUT2D eigenvalue weighted by molar-refractivity contribution is 0.0664. The zero-order valence-corrected chi connectivity index (χ0v) is 22.9. The molecule has 1 fully saturated rings. The quantitative estimate of drug-likeness (QED) is 0.323. The molecule has 2 aromatic heterocycles. The highest BCUT2D eigenvalue weighted by Crippen LogP contribution is 2.37. The zero-order chi connectivity index (χ0) is 27.9. The lowest BCUT2D eigenvalue weighted by Gasteiger charge is -2.32. The fourth-order valence-electron chi connectivity index (χ4n) is 5.87. The summed E-state index contributed by atoms with van der Waals surface area (Å²) in [7, 11) is 2.09. The first kappa shape index (κ1) is 25.2. The molecule has 3 aromatic carbocycles. The Morgan fingerprint density at radius 2 is 1.78 bits per heavy atom. The van der Waals surface area contributed by atoms with Crippen LogP contribution in [0.3, 0.4) is 0 Å². The van der Waals surface area contributed by atoms with Crippen LogP contribution < -0.4 is 15.2 Å². The number of nitrogens with one attached hydrogen (secondary N) is 1. The number of carbonyl (C=O) groups excluding carboxylic acids is 1. The van der Waals surface area contributed by atoms with Crippen LogP contribution >= 0.6 is 0 Å². The Morgan fingerprint density at radius 1 is 0.976 bits per heavy atom. The largest absolute Gasteiger partial charge is 0.454 e. The Labute approximate surface area is 238 Å². The predicted molar refractivity (Wildman–Crippen MR) is 158 cm³/mol. The van der Waals surface area contributed by atoms with Crippen LogP contribution in [0.25, 0.3) is 21.9 Å². The van der Waals surface area contributed by atoms with E-state index >= 15 is 0 Å². The fraction of sp³-hybridized carbons (Fsp3) is 0.250. The second-order valence-corrected chi connectivity index (χ2v) is 10.8. The minimum atomic E-state index is -0.192. The van der Waals surface area contributed by atoms with E-state index in [4.69, 9.17) is 15.2 Å². The molecule has 4 heterocycles. The van der Waals surface area contributed by atoms with Crippen LogP contribution in [-0.4, -0.2) is 70.3 Å². The van der Waals surface area contributed by atoms with E-state index in [1.54, 1.807) is 6.20 Å². The monoisotopic (exact) mass is 548 g/mol. The number of fused-ring (bicyclic) bond motifs is 2. The molecular weight excluding hydrogens is 516 g/mol. The molecule has 1 unspecified atom stereocenters. The van der Waals surface area contributed by atoms with E-state index in [1.807, 2.05) is 41.4 Å². The number of aromatic amines is 1. The van der Waals surface area contributed by atoms with Gasteiger partial charge in [-0.1, -0.05) is 48.5 Å². The summed E-state index contributed by atoms with van der Waals surface area (Å²) in [4.78, 5) is 25.9. The van der Waals surface area contributed by atoms with Crippen molar-refractivity contribution >= 4 is 22.6 Å². The molecule has 1 atom stereocenters. The Bertz CT molecular complexity index is 1730. The summed E-state index contributed by atoms with van der Waals surface area (Å²) in [6.45, 7) is 3.34. The van der Waals surface area contributed by atoms with Crippen LogP contribution in [0.2, 0.25) is 0 Å². The van der Waals surface area contributed by atoms with Gasteiger partial charge in [0.15, 0.2) is 17.4 Å². The van der Waals surface area contributed by atoms with Crippen molar-refractivity contribution in [2.75, 3.05) is 45.8 Å². The van der Waals surface area contributed by atoms with Crippen LogP contribution in [0.15, 0.2) is 79.3 Å². The van der Waals surface area contributed by atoms with Crippen LogP contribution in [0.5, 0.6) is 11.5 Å². The molecule has 2 aliphatic rings. The molecule has 1 saturated heterocycles. The second kappa shape index (κ2) is 10.3. The highest BCUT2D eigenvalue weighted by molar-refractivity contribution is 6.06. The van der Waals surface area contributed by atoms with Crippen LogP contribution in [0.4, 0.5) is 5.95 Å². The molecule has 0 spiro atoms. The third-order valence-corrected chi connectivity index (χ3v) is 8.15. The second-order valence-electron chi connectivity index (χ2n) is 10.8. The van der Waals surface area contributed by atoms with Crippen molar-refractivity contribution in [3.8, 4) is 22.6 Å². The number of hydrogen-bond donors (Lipinski definition) is 2. The molecule has 9 nitrogen and oxygen atoms in total. The van der Waals surface area contributed by atoms with Gasteiger partial charge in [-0.2, -0.15) is 0 Å². The summed E-state index contributed by atoms with van der Waals surface area (Å²) >= 11 is 0. The summed E-state index contributed by atoms with van der Waals surface area (Å²) < 4.78 is 13.3. The molecular formula is C32H32N6O3. The van der Waals surface area contributed by atoms with Gasteiger partial charge in [0, 0.05) is 44.1 Å². The van der Waals surface area contributed by atoms with Crippen LogP contribution in [-0.2, 0) is 6.42 Å². The molecule has 3 N–H and O–H groups in total. The average Bonchev–Trinajstić information content (AvgIpc) is 3.75. The number of imidazole rings is 1. The van der Waals surface area contributed by atoms with Gasteiger partial charge in [0.2, 0.25) is 6.79 Å². The average molecular weight is 549 g/mol. The number of anilines is 1. The lowest BCUT2D eigenvalue weighted by Crippen LogP contribution is -2.47. The topological polar surface area (TPSA) is 102 Å². The number of amides is 1. The number of nitrogens with zero attached hydrogens (tertiary/aromatic N) is 4. The summed E-state index contributed by atoms with van der Waals surface area (Å²) in [5.74, 6) is 1.88. The van der Waals surface area contributed by atoms with E-state index in [1.165, 1.54) is 0 Å². The first-order valence-corrected chi connectivity index (χ1v) is 13.9. The third-order valence-electron chi connectivity index (χ3n) is 8.15. The summed E-state index contributed by atoms with van der Waals surface area (Å²) in [6.07, 6.45) is 6.49. The first-order valence-electron chi connectivity index (χ1n) is 13.9. The Balaban J connectivity index is 1.35. The summed E-state index contributed by atoms with van der Waals surface area (Å²) in [5, 5.41) is 2.24. The number of likely N-dealkylation sites (N-methyl/N-ethyl adjacent to an activating group) is 1. The molecule has 41 heavy (non-hydrogen) atoms. The Morgan fingerprint density at radius 3 is 2.61 bits per heavy atom. The standard InChI is InChI=1S/C32H32N6O3/c1-36-11-13-37(14-12-36)31(39)26-19-38(18-25(26)24-8-4-6-22-5-2-3-7-23(22)24)28(27-17-34-32(33)35-27)15-21-9-10-29-30(16-21)41-20-40-29/h2-10,16-19,28H,11-15,20H2,1H3,(H3,33,34,35). The number of aromatic nitrogens is 3. The van der Waals surface area contributed by atoms with Gasteiger partial charge in [0.05, 0.1) is 23.5 Å². The number of nitrogens with two attached hydrogens (primary N) is 1. The van der Waals surface area contributed by atoms with Crippen LogP contribution in [0.1, 0.15) is 27.7 Å². The SMILES string of the molecule is CN1CCN(C(=O)c2cn(C(Cc3ccc4c(c3)OCO4)c3cnc(N)[nH]3)cc2-c2cccc3ccccc23)CC1. The zero-order valence-electron chi connectivity index (χ0n) is 22.9. The van der Waals surface area contributed by atoms with Crippen LogP contribution in [0, 0.1) is 0 Å². The van der Waals surface area contributed by atoms with Gasteiger partial charge in [-0.25, -0.2) is 4.98 Å². The maximum absolute atomic E-state index is 14.1. The van der Waals surface area contributed by atoms with Crippen molar-refractivity contribution in [3.63, 3.8) is 0 Å². The molecule has 0 aliphatic carbocycles. The highest BCUT2D eigenvalue weighted by Gasteiger charge is 2.28. The van der Waals surface area contributed by atoms with Crippen molar-refractivity contribution in [3.05, 3.63) is 96.1 Å². The summed E-state index contributed by atoms with van der Waals surface area (Å²) in [6, 6.07) is 20.4. The normalized spacial score (nSPS) is 15.9. The van der Waals surface area contributed by atoms with Gasteiger partial charge >= 0.3 is 0 Å². The van der Waals surface area contributed by atoms with Gasteiger partial charge in [-0.3, -0.25) is 4.79 Å². The van der Waals surface area contributed by atoms with Crippen molar-refractivity contribution < 1.29 is 14.3 Å². The number of nitrogen functional groups attached to an aromatic ring is 1. The number of benzene rings is 3. The molecule has 5 aromatic rings. The first-order chi connectivity index (χ1) is 20.0. The number of ether oxygens (including phenoxy) is 2. The van der Waals surface area contributed by atoms with Gasteiger partial charge in [-0.15, -0.1) is 0 Å². The van der Waals surface area contributed by atoms with Crippen molar-refractivity contribution in [1.82, 2.24) is 24.3 Å². The minimum Gasteiger partial charge on any atom is -0.454 e. The Hall–Kier alpha value is -4.76. The molecule has 2 aliphatic heterocycles. The fourth-order valence-corrected chi connectivity index (χ4v) is 5.87. The number of H-pyrrole nitrogens is 1. The smallest absolute Gasteiger partial charge is 0.256 e. The molecule has 1 amide bonds.